The monoisotopic (exact) mass is 350 g/mol. The van der Waals surface area contributed by atoms with Crippen LogP contribution < -0.4 is 0 Å². The second-order valence-electron chi connectivity index (χ2n) is 6.42. The molecular weight excluding hydrogens is 332 g/mol. The number of ketones is 3. The fourth-order valence-corrected chi connectivity index (χ4v) is 3.52. The topological polar surface area (TPSA) is 88.5 Å². The molecule has 0 atom stereocenters. The van der Waals surface area contributed by atoms with Gasteiger partial charge in [0.1, 0.15) is 0 Å². The lowest BCUT2D eigenvalue weighted by atomic mass is 9.66. The molecule has 2 aromatic carbocycles. The Morgan fingerprint density at radius 1 is 0.885 bits per heavy atom. The number of hydrogen-bond acceptors (Lipinski definition) is 4. The van der Waals surface area contributed by atoms with Crippen LogP contribution >= 0.6 is 0 Å². The van der Waals surface area contributed by atoms with Crippen molar-refractivity contribution < 1.29 is 24.3 Å². The van der Waals surface area contributed by atoms with Gasteiger partial charge in [0.05, 0.1) is 11.0 Å². The highest BCUT2D eigenvalue weighted by atomic mass is 16.4. The Labute approximate surface area is 150 Å². The lowest BCUT2D eigenvalue weighted by Gasteiger charge is -2.33. The van der Waals surface area contributed by atoms with E-state index in [4.69, 9.17) is 5.11 Å². The standard InChI is InChI=1S/C21H18O5/c1-3-21(4-2)18(23)14-9-10-15(16(11-14)19(21)24)17(22)12-5-7-13(8-6-12)20(25)26/h5-11H,3-4H2,1-2H3,(H,25,26). The Bertz CT molecular complexity index is 933. The summed E-state index contributed by atoms with van der Waals surface area (Å²) in [5, 5.41) is 8.96. The van der Waals surface area contributed by atoms with Crippen molar-refractivity contribution in [3.63, 3.8) is 0 Å². The molecule has 0 spiro atoms. The molecule has 1 N–H and O–H groups in total. The fraction of sp³-hybridized carbons (Fsp3) is 0.238. The molecule has 26 heavy (non-hydrogen) atoms. The largest absolute Gasteiger partial charge is 0.478 e. The summed E-state index contributed by atoms with van der Waals surface area (Å²) >= 11 is 0. The van der Waals surface area contributed by atoms with E-state index in [0.717, 1.165) is 0 Å². The minimum Gasteiger partial charge on any atom is -0.478 e. The molecule has 3 rings (SSSR count). The molecule has 0 saturated heterocycles. The van der Waals surface area contributed by atoms with Crippen LogP contribution in [0.25, 0.3) is 0 Å². The molecule has 5 nitrogen and oxygen atoms in total. The summed E-state index contributed by atoms with van der Waals surface area (Å²) in [7, 11) is 0. The van der Waals surface area contributed by atoms with E-state index in [9.17, 15) is 19.2 Å². The van der Waals surface area contributed by atoms with Crippen LogP contribution in [0.4, 0.5) is 0 Å². The number of aromatic carboxylic acids is 1. The van der Waals surface area contributed by atoms with Crippen molar-refractivity contribution in [2.45, 2.75) is 26.7 Å². The number of rotatable bonds is 5. The van der Waals surface area contributed by atoms with Gasteiger partial charge in [-0.1, -0.05) is 32.0 Å². The van der Waals surface area contributed by atoms with E-state index >= 15 is 0 Å². The van der Waals surface area contributed by atoms with Gasteiger partial charge in [-0.3, -0.25) is 14.4 Å². The lowest BCUT2D eigenvalue weighted by molar-refractivity contribution is 0.0631. The van der Waals surface area contributed by atoms with E-state index in [1.165, 1.54) is 36.4 Å². The number of carboxylic acids is 1. The smallest absolute Gasteiger partial charge is 0.335 e. The molecule has 0 unspecified atom stereocenters. The van der Waals surface area contributed by atoms with Crippen LogP contribution in [0.1, 0.15) is 73.7 Å². The van der Waals surface area contributed by atoms with Crippen LogP contribution in [-0.4, -0.2) is 28.4 Å². The molecule has 0 aliphatic heterocycles. The quantitative estimate of drug-likeness (QED) is 0.654. The first kappa shape index (κ1) is 17.7. The predicted octanol–water partition coefficient (Wildman–Crippen LogP) is 3.80. The average molecular weight is 350 g/mol. The molecule has 0 radical (unpaired) electrons. The van der Waals surface area contributed by atoms with Crippen LogP contribution in [0.15, 0.2) is 42.5 Å². The summed E-state index contributed by atoms with van der Waals surface area (Å²) in [5.41, 5.74) is 0.209. The van der Waals surface area contributed by atoms with Crippen LogP contribution in [0.5, 0.6) is 0 Å². The van der Waals surface area contributed by atoms with E-state index in [1.54, 1.807) is 19.9 Å². The Kier molecular flexibility index (Phi) is 4.32. The maximum atomic E-state index is 13.0. The number of Topliss-reactive ketones (excluding diaryl/α,β-unsaturated/α-hetero) is 2. The number of carboxylic acid groups (broad SMARTS) is 1. The summed E-state index contributed by atoms with van der Waals surface area (Å²) in [5.74, 6) is -1.95. The van der Waals surface area contributed by atoms with Gasteiger partial charge < -0.3 is 5.11 Å². The van der Waals surface area contributed by atoms with Crippen molar-refractivity contribution in [3.05, 3.63) is 70.3 Å². The molecule has 0 heterocycles. The van der Waals surface area contributed by atoms with Crippen molar-refractivity contribution >= 4 is 23.3 Å². The summed E-state index contributed by atoms with van der Waals surface area (Å²) < 4.78 is 0. The molecule has 2 bridgehead atoms. The van der Waals surface area contributed by atoms with Gasteiger partial charge in [0, 0.05) is 22.3 Å². The molecule has 5 heteroatoms. The summed E-state index contributed by atoms with van der Waals surface area (Å²) in [6, 6.07) is 10.1. The number of benzene rings is 2. The van der Waals surface area contributed by atoms with Crippen molar-refractivity contribution in [2.24, 2.45) is 5.41 Å². The zero-order chi connectivity index (χ0) is 19.1. The maximum absolute atomic E-state index is 13.0. The Balaban J connectivity index is 2.08. The van der Waals surface area contributed by atoms with Gasteiger partial charge in [-0.05, 0) is 37.1 Å². The lowest BCUT2D eigenvalue weighted by Crippen LogP contribution is -2.42. The highest BCUT2D eigenvalue weighted by Gasteiger charge is 2.47. The summed E-state index contributed by atoms with van der Waals surface area (Å²) in [4.78, 5) is 49.5. The van der Waals surface area contributed by atoms with Gasteiger partial charge in [0.25, 0.3) is 0 Å². The molecular formula is C21H18O5. The number of fused-ring (bicyclic) bond motifs is 2. The van der Waals surface area contributed by atoms with Crippen molar-refractivity contribution in [1.82, 2.24) is 0 Å². The van der Waals surface area contributed by atoms with Crippen LogP contribution in [0, 0.1) is 5.41 Å². The normalized spacial score (nSPS) is 15.0. The zero-order valence-electron chi connectivity index (χ0n) is 14.5. The molecule has 0 amide bonds. The molecule has 0 aromatic heterocycles. The van der Waals surface area contributed by atoms with Crippen LogP contribution in [0.2, 0.25) is 0 Å². The molecule has 1 aliphatic carbocycles. The Hall–Kier alpha value is -3.08. The number of hydrogen-bond donors (Lipinski definition) is 1. The minimum atomic E-state index is -1.11. The van der Waals surface area contributed by atoms with E-state index < -0.39 is 11.4 Å². The average Bonchev–Trinajstić information content (AvgIpc) is 2.67. The first-order chi connectivity index (χ1) is 12.4. The van der Waals surface area contributed by atoms with Crippen molar-refractivity contribution in [3.8, 4) is 0 Å². The molecule has 1 aliphatic rings. The third-order valence-corrected chi connectivity index (χ3v) is 5.24. The second-order valence-corrected chi connectivity index (χ2v) is 6.42. The second kappa shape index (κ2) is 6.33. The summed E-state index contributed by atoms with van der Waals surface area (Å²) in [6.07, 6.45) is 0.759. The van der Waals surface area contributed by atoms with Crippen LogP contribution in [-0.2, 0) is 0 Å². The maximum Gasteiger partial charge on any atom is 0.335 e. The molecule has 0 saturated carbocycles. The van der Waals surface area contributed by atoms with E-state index in [0.29, 0.717) is 24.0 Å². The van der Waals surface area contributed by atoms with Gasteiger partial charge >= 0.3 is 5.97 Å². The van der Waals surface area contributed by atoms with Gasteiger partial charge in [-0.2, -0.15) is 0 Å². The summed E-state index contributed by atoms with van der Waals surface area (Å²) in [6.45, 7) is 3.61. The van der Waals surface area contributed by atoms with Crippen LogP contribution in [0.3, 0.4) is 0 Å². The highest BCUT2D eigenvalue weighted by molar-refractivity contribution is 6.27. The molecule has 132 valence electrons. The molecule has 0 fully saturated rings. The highest BCUT2D eigenvalue weighted by Crippen LogP contribution is 2.40. The Morgan fingerprint density at radius 3 is 2.00 bits per heavy atom. The van der Waals surface area contributed by atoms with Crippen molar-refractivity contribution in [2.75, 3.05) is 0 Å². The third kappa shape index (κ3) is 2.47. The Morgan fingerprint density at radius 2 is 1.46 bits per heavy atom. The van der Waals surface area contributed by atoms with E-state index in [1.807, 2.05) is 0 Å². The number of carbonyl (C=O) groups excluding carboxylic acids is 3. The first-order valence-electron chi connectivity index (χ1n) is 8.47. The minimum absolute atomic E-state index is 0.0795. The molecule has 2 aromatic rings. The fourth-order valence-electron chi connectivity index (χ4n) is 3.52. The predicted molar refractivity (Wildman–Crippen MR) is 95.0 cm³/mol. The third-order valence-electron chi connectivity index (χ3n) is 5.24. The van der Waals surface area contributed by atoms with Gasteiger partial charge in [0.15, 0.2) is 17.3 Å². The SMILES string of the molecule is CCC1(CC)C(=O)c2ccc(C(=O)c3ccc(C(=O)O)cc3)c(c2)C1=O. The first-order valence-corrected chi connectivity index (χ1v) is 8.47. The van der Waals surface area contributed by atoms with Gasteiger partial charge in [0.2, 0.25) is 0 Å². The zero-order valence-corrected chi connectivity index (χ0v) is 14.5. The number of carbonyl (C=O) groups is 4. The van der Waals surface area contributed by atoms with Crippen molar-refractivity contribution in [1.29, 1.82) is 0 Å². The van der Waals surface area contributed by atoms with Gasteiger partial charge in [-0.25, -0.2) is 4.79 Å². The van der Waals surface area contributed by atoms with Gasteiger partial charge in [-0.15, -0.1) is 0 Å². The van der Waals surface area contributed by atoms with E-state index in [-0.39, 0.29) is 34.0 Å². The van der Waals surface area contributed by atoms with E-state index in [2.05, 4.69) is 0 Å².